The molecule has 0 fully saturated rings. The average Bonchev–Trinajstić information content (AvgIpc) is 2.19. The highest BCUT2D eigenvalue weighted by Crippen LogP contribution is 2.22. The zero-order valence-electron chi connectivity index (χ0n) is 8.81. The molecule has 0 amide bonds. The lowest BCUT2D eigenvalue weighted by Crippen LogP contribution is -2.08. The van der Waals surface area contributed by atoms with E-state index in [9.17, 15) is 4.79 Å². The van der Waals surface area contributed by atoms with Crippen LogP contribution in [0.5, 0.6) is 5.75 Å². The zero-order valence-corrected chi connectivity index (χ0v) is 9.57. The maximum atomic E-state index is 10.8. The lowest BCUT2D eigenvalue weighted by atomic mass is 10.2. The Labute approximate surface area is 98.4 Å². The maximum Gasteiger partial charge on any atom is 0.337 e. The smallest absolute Gasteiger partial charge is 0.337 e. The van der Waals surface area contributed by atoms with Gasteiger partial charge in [0.05, 0.1) is 23.3 Å². The minimum Gasteiger partial charge on any atom is -0.493 e. The quantitative estimate of drug-likeness (QED) is 0.833. The molecule has 5 heteroatoms. The van der Waals surface area contributed by atoms with E-state index in [1.165, 1.54) is 12.1 Å². The van der Waals surface area contributed by atoms with Crippen LogP contribution in [-0.4, -0.2) is 28.9 Å². The Morgan fingerprint density at radius 2 is 2.25 bits per heavy atom. The molecule has 0 radical (unpaired) electrons. The van der Waals surface area contributed by atoms with Crippen LogP contribution in [0.1, 0.15) is 23.7 Å². The van der Waals surface area contributed by atoms with Gasteiger partial charge < -0.3 is 14.9 Å². The molecule has 0 saturated carbocycles. The number of halogens is 1. The van der Waals surface area contributed by atoms with Crippen molar-refractivity contribution in [2.24, 2.45) is 0 Å². The number of rotatable bonds is 5. The van der Waals surface area contributed by atoms with Gasteiger partial charge >= 0.3 is 5.97 Å². The second kappa shape index (κ2) is 5.72. The van der Waals surface area contributed by atoms with Crippen LogP contribution in [0.2, 0.25) is 5.02 Å². The first-order valence-corrected chi connectivity index (χ1v) is 5.22. The third kappa shape index (κ3) is 3.72. The topological polar surface area (TPSA) is 66.8 Å². The summed E-state index contributed by atoms with van der Waals surface area (Å²) >= 11 is 5.70. The first-order chi connectivity index (χ1) is 7.50. The summed E-state index contributed by atoms with van der Waals surface area (Å²) in [4.78, 5) is 10.8. The van der Waals surface area contributed by atoms with E-state index in [0.717, 1.165) is 0 Å². The van der Waals surface area contributed by atoms with Crippen LogP contribution in [0.3, 0.4) is 0 Å². The van der Waals surface area contributed by atoms with E-state index in [4.69, 9.17) is 26.6 Å². The second-order valence-corrected chi connectivity index (χ2v) is 3.84. The number of benzene rings is 1. The van der Waals surface area contributed by atoms with E-state index in [0.29, 0.717) is 18.8 Å². The molecule has 1 atom stereocenters. The standard InChI is InChI=1S/C11H13ClO4/c1-7(13)4-5-16-8-2-3-10(12)9(6-8)11(14)15/h2-3,6-7,13H,4-5H2,1H3,(H,14,15). The molecule has 0 aromatic heterocycles. The van der Waals surface area contributed by atoms with Crippen LogP contribution < -0.4 is 4.74 Å². The molecule has 88 valence electrons. The lowest BCUT2D eigenvalue weighted by Gasteiger charge is -2.08. The van der Waals surface area contributed by atoms with Crippen molar-refractivity contribution < 1.29 is 19.7 Å². The Balaban J connectivity index is 2.68. The Morgan fingerprint density at radius 1 is 1.56 bits per heavy atom. The van der Waals surface area contributed by atoms with Crippen LogP contribution in [0.25, 0.3) is 0 Å². The summed E-state index contributed by atoms with van der Waals surface area (Å²) in [5.74, 6) is -0.659. The number of aliphatic hydroxyl groups excluding tert-OH is 1. The third-order valence-corrected chi connectivity index (χ3v) is 2.30. The molecule has 0 heterocycles. The highest BCUT2D eigenvalue weighted by Gasteiger charge is 2.09. The predicted octanol–water partition coefficient (Wildman–Crippen LogP) is 2.19. The van der Waals surface area contributed by atoms with E-state index in [1.807, 2.05) is 0 Å². The summed E-state index contributed by atoms with van der Waals surface area (Å²) in [6, 6.07) is 4.44. The van der Waals surface area contributed by atoms with Crippen LogP contribution in [0.15, 0.2) is 18.2 Å². The van der Waals surface area contributed by atoms with Crippen LogP contribution >= 0.6 is 11.6 Å². The van der Waals surface area contributed by atoms with Gasteiger partial charge in [-0.3, -0.25) is 0 Å². The highest BCUT2D eigenvalue weighted by atomic mass is 35.5. The number of carboxylic acids is 1. The van der Waals surface area contributed by atoms with Gasteiger partial charge in [-0.25, -0.2) is 4.79 Å². The fourth-order valence-corrected chi connectivity index (χ4v) is 1.30. The molecule has 1 aromatic rings. The van der Waals surface area contributed by atoms with Gasteiger partial charge in [-0.2, -0.15) is 0 Å². The number of aromatic carboxylic acids is 1. The minimum absolute atomic E-state index is 0.0104. The van der Waals surface area contributed by atoms with E-state index >= 15 is 0 Å². The molecule has 1 aromatic carbocycles. The lowest BCUT2D eigenvalue weighted by molar-refractivity contribution is 0.0696. The van der Waals surface area contributed by atoms with Crippen molar-refractivity contribution in [3.05, 3.63) is 28.8 Å². The first-order valence-electron chi connectivity index (χ1n) is 4.84. The third-order valence-electron chi connectivity index (χ3n) is 1.97. The number of hydrogen-bond donors (Lipinski definition) is 2. The summed E-state index contributed by atoms with van der Waals surface area (Å²) in [6.07, 6.45) is 0.0524. The van der Waals surface area contributed by atoms with Crippen LogP contribution in [-0.2, 0) is 0 Å². The predicted molar refractivity (Wildman–Crippen MR) is 60.2 cm³/mol. The molecule has 0 spiro atoms. The first kappa shape index (κ1) is 12.8. The summed E-state index contributed by atoms with van der Waals surface area (Å²) in [5.41, 5.74) is 0.0104. The molecule has 1 unspecified atom stereocenters. The fraction of sp³-hybridized carbons (Fsp3) is 0.364. The van der Waals surface area contributed by atoms with Crippen LogP contribution in [0.4, 0.5) is 0 Å². The summed E-state index contributed by atoms with van der Waals surface area (Å²) in [5, 5.41) is 18.0. The fourth-order valence-electron chi connectivity index (χ4n) is 1.11. The number of hydrogen-bond acceptors (Lipinski definition) is 3. The van der Waals surface area contributed by atoms with Gasteiger partial charge in [0.2, 0.25) is 0 Å². The largest absolute Gasteiger partial charge is 0.493 e. The number of carbonyl (C=O) groups is 1. The molecule has 2 N–H and O–H groups in total. The van der Waals surface area contributed by atoms with Crippen LogP contribution in [0, 0.1) is 0 Å². The van der Waals surface area contributed by atoms with Crippen molar-refractivity contribution in [1.29, 1.82) is 0 Å². The van der Waals surface area contributed by atoms with Gasteiger partial charge in [0, 0.05) is 6.42 Å². The van der Waals surface area contributed by atoms with Crippen molar-refractivity contribution >= 4 is 17.6 Å². The minimum atomic E-state index is -1.09. The van der Waals surface area contributed by atoms with Gasteiger partial charge in [0.15, 0.2) is 0 Å². The van der Waals surface area contributed by atoms with Gasteiger partial charge in [-0.05, 0) is 25.1 Å². The molecule has 1 rings (SSSR count). The molecular formula is C11H13ClO4. The second-order valence-electron chi connectivity index (χ2n) is 3.43. The molecule has 0 aliphatic heterocycles. The van der Waals surface area contributed by atoms with E-state index < -0.39 is 12.1 Å². The normalized spacial score (nSPS) is 12.2. The van der Waals surface area contributed by atoms with Gasteiger partial charge in [-0.1, -0.05) is 11.6 Å². The number of carboxylic acid groups (broad SMARTS) is 1. The Morgan fingerprint density at radius 3 is 2.81 bits per heavy atom. The molecular weight excluding hydrogens is 232 g/mol. The van der Waals surface area contributed by atoms with E-state index in [-0.39, 0.29) is 10.6 Å². The van der Waals surface area contributed by atoms with Gasteiger partial charge in [-0.15, -0.1) is 0 Å². The Hall–Kier alpha value is -1.26. The van der Waals surface area contributed by atoms with Gasteiger partial charge in [0.1, 0.15) is 5.75 Å². The highest BCUT2D eigenvalue weighted by molar-refractivity contribution is 6.33. The molecule has 0 aliphatic carbocycles. The van der Waals surface area contributed by atoms with E-state index in [1.54, 1.807) is 13.0 Å². The molecule has 0 bridgehead atoms. The zero-order chi connectivity index (χ0) is 12.1. The monoisotopic (exact) mass is 244 g/mol. The van der Waals surface area contributed by atoms with Crippen molar-refractivity contribution in [2.45, 2.75) is 19.4 Å². The summed E-state index contributed by atoms with van der Waals surface area (Å²) in [7, 11) is 0. The Kier molecular flexibility index (Phi) is 4.58. The van der Waals surface area contributed by atoms with Gasteiger partial charge in [0.25, 0.3) is 0 Å². The summed E-state index contributed by atoms with van der Waals surface area (Å²) < 4.78 is 5.28. The average molecular weight is 245 g/mol. The molecule has 0 saturated heterocycles. The molecule has 16 heavy (non-hydrogen) atoms. The number of ether oxygens (including phenoxy) is 1. The number of aliphatic hydroxyl groups is 1. The maximum absolute atomic E-state index is 10.8. The Bertz CT molecular complexity index is 376. The molecule has 4 nitrogen and oxygen atoms in total. The summed E-state index contributed by atoms with van der Waals surface area (Å²) in [6.45, 7) is 1.99. The van der Waals surface area contributed by atoms with Crippen molar-refractivity contribution in [3.63, 3.8) is 0 Å². The molecule has 0 aliphatic rings. The van der Waals surface area contributed by atoms with Crippen molar-refractivity contribution in [1.82, 2.24) is 0 Å². The van der Waals surface area contributed by atoms with E-state index in [2.05, 4.69) is 0 Å². The van der Waals surface area contributed by atoms with Crippen molar-refractivity contribution in [2.75, 3.05) is 6.61 Å². The van der Waals surface area contributed by atoms with Crippen molar-refractivity contribution in [3.8, 4) is 5.75 Å². The SMILES string of the molecule is CC(O)CCOc1ccc(Cl)c(C(=O)O)c1.